The van der Waals surface area contributed by atoms with Gasteiger partial charge in [0.2, 0.25) is 5.91 Å². The minimum Gasteiger partial charge on any atom is -0.339 e. The number of carbonyl (C=O) groups excluding carboxylic acids is 1. The van der Waals surface area contributed by atoms with E-state index in [0.29, 0.717) is 10.0 Å². The van der Waals surface area contributed by atoms with Crippen LogP contribution in [0.4, 0.5) is 0 Å². The maximum Gasteiger partial charge on any atom is 0.239 e. The quantitative estimate of drug-likeness (QED) is 0.890. The van der Waals surface area contributed by atoms with Gasteiger partial charge < -0.3 is 10.6 Å². The minimum atomic E-state index is -0.409. The summed E-state index contributed by atoms with van der Waals surface area (Å²) in [6, 6.07) is 5.34. The molecule has 1 aromatic carbocycles. The smallest absolute Gasteiger partial charge is 0.239 e. The van der Waals surface area contributed by atoms with E-state index in [1.807, 2.05) is 23.1 Å². The zero-order valence-electron chi connectivity index (χ0n) is 12.6. The number of piperazine rings is 1. The molecule has 1 aliphatic heterocycles. The van der Waals surface area contributed by atoms with Gasteiger partial charge in [-0.05, 0) is 31.0 Å². The van der Waals surface area contributed by atoms with Gasteiger partial charge in [-0.1, -0.05) is 29.3 Å². The van der Waals surface area contributed by atoms with Crippen LogP contribution in [0.1, 0.15) is 12.5 Å². The third-order valence-corrected chi connectivity index (χ3v) is 4.51. The third-order valence-electron chi connectivity index (χ3n) is 3.77. The molecule has 124 valence electrons. The highest BCUT2D eigenvalue weighted by Crippen LogP contribution is 2.22. The standard InChI is InChI=1S/C15H21Cl2N3O.ClH/c1-11(18)15(21)20-8-6-19(7-9-20)5-4-12-2-3-13(16)14(17)10-12;/h2-3,10-11H,4-9,18H2,1H3;1H. The highest BCUT2D eigenvalue weighted by atomic mass is 35.5. The maximum atomic E-state index is 11.8. The molecular weight excluding hydrogens is 345 g/mol. The summed E-state index contributed by atoms with van der Waals surface area (Å²) in [6.07, 6.45) is 0.929. The molecule has 0 aromatic heterocycles. The molecular formula is C15H22Cl3N3O. The van der Waals surface area contributed by atoms with Gasteiger partial charge in [0.15, 0.2) is 0 Å². The second kappa shape index (κ2) is 8.94. The first-order valence-electron chi connectivity index (χ1n) is 7.18. The SMILES string of the molecule is CC(N)C(=O)N1CCN(CCc2ccc(Cl)c(Cl)c2)CC1.Cl. The predicted molar refractivity (Wildman–Crippen MR) is 94.1 cm³/mol. The van der Waals surface area contributed by atoms with Crippen molar-refractivity contribution in [3.8, 4) is 0 Å². The van der Waals surface area contributed by atoms with E-state index in [2.05, 4.69) is 4.90 Å². The minimum absolute atomic E-state index is 0. The molecule has 1 unspecified atom stereocenters. The fourth-order valence-corrected chi connectivity index (χ4v) is 2.78. The van der Waals surface area contributed by atoms with Gasteiger partial charge in [0.25, 0.3) is 0 Å². The summed E-state index contributed by atoms with van der Waals surface area (Å²) in [4.78, 5) is 16.0. The van der Waals surface area contributed by atoms with Crippen molar-refractivity contribution in [1.29, 1.82) is 0 Å². The zero-order valence-corrected chi connectivity index (χ0v) is 14.9. The number of amides is 1. The third kappa shape index (κ3) is 5.28. The molecule has 0 spiro atoms. The lowest BCUT2D eigenvalue weighted by Crippen LogP contribution is -2.52. The van der Waals surface area contributed by atoms with Crippen molar-refractivity contribution in [2.45, 2.75) is 19.4 Å². The predicted octanol–water partition coefficient (Wildman–Crippen LogP) is 2.45. The average molecular weight is 367 g/mol. The molecule has 2 N–H and O–H groups in total. The fourth-order valence-electron chi connectivity index (χ4n) is 2.46. The Kier molecular flexibility index (Phi) is 7.94. The van der Waals surface area contributed by atoms with Crippen LogP contribution >= 0.6 is 35.6 Å². The van der Waals surface area contributed by atoms with E-state index in [4.69, 9.17) is 28.9 Å². The molecule has 1 saturated heterocycles. The highest BCUT2D eigenvalue weighted by molar-refractivity contribution is 6.42. The van der Waals surface area contributed by atoms with Gasteiger partial charge in [0.1, 0.15) is 0 Å². The van der Waals surface area contributed by atoms with Gasteiger partial charge in [-0.25, -0.2) is 0 Å². The van der Waals surface area contributed by atoms with Crippen LogP contribution in [0.15, 0.2) is 18.2 Å². The summed E-state index contributed by atoms with van der Waals surface area (Å²) >= 11 is 11.9. The van der Waals surface area contributed by atoms with E-state index in [1.54, 1.807) is 6.92 Å². The van der Waals surface area contributed by atoms with Crippen molar-refractivity contribution in [2.24, 2.45) is 5.73 Å². The highest BCUT2D eigenvalue weighted by Gasteiger charge is 2.22. The summed E-state index contributed by atoms with van der Waals surface area (Å²) in [5.41, 5.74) is 6.81. The van der Waals surface area contributed by atoms with E-state index in [1.165, 1.54) is 5.56 Å². The summed E-state index contributed by atoms with van der Waals surface area (Å²) in [7, 11) is 0. The first-order valence-corrected chi connectivity index (χ1v) is 7.93. The fraction of sp³-hybridized carbons (Fsp3) is 0.533. The molecule has 0 saturated carbocycles. The van der Waals surface area contributed by atoms with Gasteiger partial charge in [-0.15, -0.1) is 12.4 Å². The van der Waals surface area contributed by atoms with Gasteiger partial charge in [-0.3, -0.25) is 9.69 Å². The van der Waals surface area contributed by atoms with Crippen molar-refractivity contribution in [3.05, 3.63) is 33.8 Å². The van der Waals surface area contributed by atoms with Crippen LogP contribution in [0.2, 0.25) is 10.0 Å². The molecule has 1 fully saturated rings. The lowest BCUT2D eigenvalue weighted by atomic mass is 10.1. The molecule has 22 heavy (non-hydrogen) atoms. The van der Waals surface area contributed by atoms with Crippen LogP contribution in [0.5, 0.6) is 0 Å². The Morgan fingerprint density at radius 3 is 2.41 bits per heavy atom. The van der Waals surface area contributed by atoms with Crippen LogP contribution < -0.4 is 5.73 Å². The molecule has 0 radical (unpaired) electrons. The number of hydrogen-bond acceptors (Lipinski definition) is 3. The van der Waals surface area contributed by atoms with Gasteiger partial charge >= 0.3 is 0 Å². The van der Waals surface area contributed by atoms with Crippen LogP contribution in [0, 0.1) is 0 Å². The summed E-state index contributed by atoms with van der Waals surface area (Å²) < 4.78 is 0. The molecule has 1 amide bonds. The normalized spacial score (nSPS) is 17.0. The van der Waals surface area contributed by atoms with E-state index < -0.39 is 6.04 Å². The van der Waals surface area contributed by atoms with Crippen molar-refractivity contribution >= 4 is 41.5 Å². The second-order valence-electron chi connectivity index (χ2n) is 5.45. The Hall–Kier alpha value is -0.520. The Balaban J connectivity index is 0.00000242. The Bertz CT molecular complexity index is 503. The number of hydrogen-bond donors (Lipinski definition) is 1. The van der Waals surface area contributed by atoms with Crippen molar-refractivity contribution in [3.63, 3.8) is 0 Å². The van der Waals surface area contributed by atoms with Gasteiger partial charge in [0, 0.05) is 32.7 Å². The van der Waals surface area contributed by atoms with Crippen molar-refractivity contribution in [2.75, 3.05) is 32.7 Å². The van der Waals surface area contributed by atoms with Crippen LogP contribution in [0.25, 0.3) is 0 Å². The molecule has 2 rings (SSSR count). The van der Waals surface area contributed by atoms with E-state index in [9.17, 15) is 4.79 Å². The molecule has 1 atom stereocenters. The lowest BCUT2D eigenvalue weighted by Gasteiger charge is -2.35. The molecule has 0 bridgehead atoms. The molecule has 1 aliphatic rings. The summed E-state index contributed by atoms with van der Waals surface area (Å²) in [5, 5.41) is 1.19. The van der Waals surface area contributed by atoms with Gasteiger partial charge in [-0.2, -0.15) is 0 Å². The molecule has 1 aromatic rings. The first kappa shape index (κ1) is 19.5. The number of nitrogens with zero attached hydrogens (tertiary/aromatic N) is 2. The van der Waals surface area contributed by atoms with Crippen molar-refractivity contribution in [1.82, 2.24) is 9.80 Å². The number of halogens is 3. The monoisotopic (exact) mass is 365 g/mol. The van der Waals surface area contributed by atoms with E-state index in [0.717, 1.165) is 39.1 Å². The Labute approximate surface area is 147 Å². The number of benzene rings is 1. The average Bonchev–Trinajstić information content (AvgIpc) is 2.48. The number of rotatable bonds is 4. The molecule has 7 heteroatoms. The van der Waals surface area contributed by atoms with Crippen LogP contribution in [-0.4, -0.2) is 54.5 Å². The topological polar surface area (TPSA) is 49.6 Å². The van der Waals surface area contributed by atoms with Crippen molar-refractivity contribution < 1.29 is 4.79 Å². The Morgan fingerprint density at radius 1 is 1.23 bits per heavy atom. The molecule has 0 aliphatic carbocycles. The van der Waals surface area contributed by atoms with Crippen LogP contribution in [-0.2, 0) is 11.2 Å². The zero-order chi connectivity index (χ0) is 15.4. The van der Waals surface area contributed by atoms with E-state index >= 15 is 0 Å². The van der Waals surface area contributed by atoms with Gasteiger partial charge in [0.05, 0.1) is 16.1 Å². The van der Waals surface area contributed by atoms with Crippen LogP contribution in [0.3, 0.4) is 0 Å². The second-order valence-corrected chi connectivity index (χ2v) is 6.27. The number of carbonyl (C=O) groups is 1. The first-order chi connectivity index (χ1) is 9.97. The van der Waals surface area contributed by atoms with E-state index in [-0.39, 0.29) is 18.3 Å². The summed E-state index contributed by atoms with van der Waals surface area (Å²) in [5.74, 6) is 0.0409. The lowest BCUT2D eigenvalue weighted by molar-refractivity contribution is -0.133. The maximum absolute atomic E-state index is 11.8. The number of nitrogens with two attached hydrogens (primary N) is 1. The summed E-state index contributed by atoms with van der Waals surface area (Å²) in [6.45, 7) is 5.97. The molecule has 4 nitrogen and oxygen atoms in total. The Morgan fingerprint density at radius 2 is 1.86 bits per heavy atom. The molecule has 1 heterocycles. The largest absolute Gasteiger partial charge is 0.339 e.